The van der Waals surface area contributed by atoms with Crippen molar-refractivity contribution >= 4 is 37.3 Å². The number of amides is 1. The van der Waals surface area contributed by atoms with Crippen molar-refractivity contribution in [3.05, 3.63) is 120 Å². The highest BCUT2D eigenvalue weighted by molar-refractivity contribution is 8.10. The van der Waals surface area contributed by atoms with Gasteiger partial charge in [-0.25, -0.2) is 30.0 Å². The van der Waals surface area contributed by atoms with E-state index in [1.54, 1.807) is 0 Å². The van der Waals surface area contributed by atoms with Crippen molar-refractivity contribution in [3.63, 3.8) is 0 Å². The number of benzene rings is 4. The molecule has 4 rings (SSSR count). The fourth-order valence-corrected chi connectivity index (χ4v) is 7.26. The molecule has 0 saturated carbocycles. The summed E-state index contributed by atoms with van der Waals surface area (Å²) in [5, 5.41) is 2.27. The molecule has 0 saturated heterocycles. The molecule has 4 aromatic carbocycles. The number of rotatable bonds is 7. The van der Waals surface area contributed by atoms with Gasteiger partial charge in [-0.3, -0.25) is 4.79 Å². The molecule has 0 spiro atoms. The van der Waals surface area contributed by atoms with Gasteiger partial charge in [-0.2, -0.15) is 3.71 Å². The molecule has 0 aliphatic carbocycles. The Hall–Kier alpha value is -4.16. The van der Waals surface area contributed by atoms with Gasteiger partial charge in [0.2, 0.25) is 0 Å². The Balaban J connectivity index is 1.86. The van der Waals surface area contributed by atoms with Crippen molar-refractivity contribution in [3.8, 4) is 0 Å². The first-order valence-electron chi connectivity index (χ1n) is 10.9. The van der Waals surface area contributed by atoms with Crippen LogP contribution in [-0.4, -0.2) is 22.7 Å². The summed E-state index contributed by atoms with van der Waals surface area (Å²) in [5.41, 5.74) is -1.69. The van der Waals surface area contributed by atoms with Crippen LogP contribution in [0.1, 0.15) is 15.9 Å². The first kappa shape index (κ1) is 26.9. The molecule has 0 aliphatic rings. The minimum atomic E-state index is -4.91. The van der Waals surface area contributed by atoms with E-state index in [0.717, 1.165) is 48.5 Å². The molecule has 4 aromatic rings. The third kappa shape index (κ3) is 5.13. The normalized spacial score (nSPS) is 11.7. The molecule has 0 fully saturated rings. The SMILES string of the molecule is Cc1cc(C(=O)Nc2ccc(F)c(N(S(=O)(=O)c3ccccc3)S(=O)(=O)c3ccccc3)c2)c(F)cc1F. The number of nitrogens with one attached hydrogen (secondary N) is 1. The largest absolute Gasteiger partial charge is 0.322 e. The predicted molar refractivity (Wildman–Crippen MR) is 135 cm³/mol. The molecule has 12 heteroatoms. The van der Waals surface area contributed by atoms with E-state index >= 15 is 4.39 Å². The average molecular weight is 561 g/mol. The summed E-state index contributed by atoms with van der Waals surface area (Å²) in [6.07, 6.45) is 0. The second kappa shape index (κ2) is 10.3. The Labute approximate surface area is 217 Å². The van der Waals surface area contributed by atoms with Crippen LogP contribution in [0.25, 0.3) is 0 Å². The second-order valence-electron chi connectivity index (χ2n) is 8.03. The molecule has 1 N–H and O–H groups in total. The van der Waals surface area contributed by atoms with Gasteiger partial charge >= 0.3 is 0 Å². The van der Waals surface area contributed by atoms with Crippen LogP contribution in [0.3, 0.4) is 0 Å². The fraction of sp³-hybridized carbons (Fsp3) is 0.0385. The maximum absolute atomic E-state index is 15.1. The van der Waals surface area contributed by atoms with E-state index < -0.39 is 64.4 Å². The van der Waals surface area contributed by atoms with Gasteiger partial charge in [-0.15, -0.1) is 0 Å². The van der Waals surface area contributed by atoms with Crippen LogP contribution in [-0.2, 0) is 20.0 Å². The third-order valence-electron chi connectivity index (χ3n) is 5.41. The number of anilines is 2. The summed E-state index contributed by atoms with van der Waals surface area (Å²) in [6.45, 7) is 1.32. The van der Waals surface area contributed by atoms with Gasteiger partial charge in [-0.1, -0.05) is 36.4 Å². The lowest BCUT2D eigenvalue weighted by Crippen LogP contribution is -2.37. The van der Waals surface area contributed by atoms with Gasteiger partial charge in [0.25, 0.3) is 26.0 Å². The molecule has 0 radical (unpaired) electrons. The van der Waals surface area contributed by atoms with E-state index in [4.69, 9.17) is 0 Å². The molecule has 0 unspecified atom stereocenters. The van der Waals surface area contributed by atoms with Crippen molar-refractivity contribution in [1.82, 2.24) is 0 Å². The molecule has 0 aliphatic heterocycles. The average Bonchev–Trinajstić information content (AvgIpc) is 2.89. The van der Waals surface area contributed by atoms with Crippen LogP contribution in [0.5, 0.6) is 0 Å². The molecule has 38 heavy (non-hydrogen) atoms. The van der Waals surface area contributed by atoms with Crippen LogP contribution in [0.4, 0.5) is 24.5 Å². The standard InChI is InChI=1S/C26H19F3N2O5S2/c1-17-14-21(24(29)16-23(17)28)26(32)30-18-12-13-22(27)25(15-18)31(37(33,34)19-8-4-2-5-9-19)38(35,36)20-10-6-3-7-11-20/h2-16H,1H3,(H,30,32). The summed E-state index contributed by atoms with van der Waals surface area (Å²) in [4.78, 5) is 11.8. The third-order valence-corrected chi connectivity index (χ3v) is 9.59. The molecular weight excluding hydrogens is 541 g/mol. The Morgan fingerprint density at radius 2 is 1.21 bits per heavy atom. The zero-order valence-corrected chi connectivity index (χ0v) is 21.2. The number of carbonyl (C=O) groups excluding carboxylic acids is 1. The zero-order chi connectivity index (χ0) is 27.7. The maximum atomic E-state index is 15.1. The first-order chi connectivity index (χ1) is 17.9. The fourth-order valence-electron chi connectivity index (χ4n) is 3.52. The molecule has 0 heterocycles. The van der Waals surface area contributed by atoms with E-state index in [0.29, 0.717) is 6.07 Å². The minimum Gasteiger partial charge on any atom is -0.322 e. The monoisotopic (exact) mass is 560 g/mol. The Morgan fingerprint density at radius 1 is 0.684 bits per heavy atom. The van der Waals surface area contributed by atoms with E-state index in [9.17, 15) is 30.4 Å². The summed E-state index contributed by atoms with van der Waals surface area (Å²) in [6, 6.07) is 17.2. The van der Waals surface area contributed by atoms with Gasteiger partial charge in [0, 0.05) is 11.8 Å². The number of sulfonamides is 2. The molecule has 1 amide bonds. The van der Waals surface area contributed by atoms with E-state index in [-0.39, 0.29) is 15.0 Å². The van der Waals surface area contributed by atoms with Crippen molar-refractivity contribution in [2.75, 3.05) is 9.03 Å². The van der Waals surface area contributed by atoms with E-state index in [1.165, 1.54) is 43.3 Å². The number of aryl methyl sites for hydroxylation is 1. The van der Waals surface area contributed by atoms with Crippen LogP contribution in [0.15, 0.2) is 101 Å². The number of nitrogens with zero attached hydrogens (tertiary/aromatic N) is 1. The van der Waals surface area contributed by atoms with E-state index in [1.807, 2.05) is 0 Å². The van der Waals surface area contributed by atoms with Gasteiger partial charge in [0.1, 0.15) is 23.1 Å². The Bertz CT molecular complexity index is 1660. The quantitative estimate of drug-likeness (QED) is 0.333. The molecule has 196 valence electrons. The Kier molecular flexibility index (Phi) is 7.29. The predicted octanol–water partition coefficient (Wildman–Crippen LogP) is 5.25. The van der Waals surface area contributed by atoms with Crippen molar-refractivity contribution < 1.29 is 34.8 Å². The molecule has 0 aromatic heterocycles. The lowest BCUT2D eigenvalue weighted by molar-refractivity contribution is 0.102. The first-order valence-corrected chi connectivity index (χ1v) is 13.8. The maximum Gasteiger partial charge on any atom is 0.277 e. The van der Waals surface area contributed by atoms with Gasteiger partial charge in [0.15, 0.2) is 0 Å². The summed E-state index contributed by atoms with van der Waals surface area (Å²) < 4.78 is 97.2. The minimum absolute atomic E-state index is 0.00886. The van der Waals surface area contributed by atoms with Crippen LogP contribution in [0.2, 0.25) is 0 Å². The van der Waals surface area contributed by atoms with Crippen molar-refractivity contribution in [2.45, 2.75) is 16.7 Å². The number of hydrogen-bond acceptors (Lipinski definition) is 5. The van der Waals surface area contributed by atoms with Crippen LogP contribution >= 0.6 is 0 Å². The van der Waals surface area contributed by atoms with Gasteiger partial charge < -0.3 is 5.32 Å². The summed E-state index contributed by atoms with van der Waals surface area (Å²) >= 11 is 0. The van der Waals surface area contributed by atoms with E-state index in [2.05, 4.69) is 5.32 Å². The lowest BCUT2D eigenvalue weighted by atomic mass is 10.1. The molecule has 0 atom stereocenters. The van der Waals surface area contributed by atoms with Gasteiger partial charge in [-0.05, 0) is 61.0 Å². The summed E-state index contributed by atoms with van der Waals surface area (Å²) in [7, 11) is -9.81. The summed E-state index contributed by atoms with van der Waals surface area (Å²) in [5.74, 6) is -4.30. The highest BCUT2D eigenvalue weighted by Gasteiger charge is 2.38. The van der Waals surface area contributed by atoms with Crippen LogP contribution in [0, 0.1) is 24.4 Å². The highest BCUT2D eigenvalue weighted by Crippen LogP contribution is 2.34. The molecule has 0 bridgehead atoms. The van der Waals surface area contributed by atoms with Gasteiger partial charge in [0.05, 0.1) is 15.4 Å². The number of halogens is 3. The van der Waals surface area contributed by atoms with Crippen molar-refractivity contribution in [1.29, 1.82) is 0 Å². The number of carbonyl (C=O) groups is 1. The highest BCUT2D eigenvalue weighted by atomic mass is 32.3. The Morgan fingerprint density at radius 3 is 1.74 bits per heavy atom. The van der Waals surface area contributed by atoms with Crippen molar-refractivity contribution in [2.24, 2.45) is 0 Å². The second-order valence-corrected chi connectivity index (χ2v) is 11.8. The topological polar surface area (TPSA) is 101 Å². The smallest absolute Gasteiger partial charge is 0.277 e. The molecular formula is C26H19F3N2O5S2. The molecule has 7 nitrogen and oxygen atoms in total. The number of hydrogen-bond donors (Lipinski definition) is 1. The lowest BCUT2D eigenvalue weighted by Gasteiger charge is -2.25. The zero-order valence-electron chi connectivity index (χ0n) is 19.6. The van der Waals surface area contributed by atoms with Crippen LogP contribution < -0.4 is 9.03 Å².